The number of hydrogen-bond donors (Lipinski definition) is 1. The molecule has 1 N–H and O–H groups in total. The second-order valence-electron chi connectivity index (χ2n) is 5.70. The fraction of sp³-hybridized carbons (Fsp3) is 0.235. The van der Waals surface area contributed by atoms with Crippen molar-refractivity contribution in [2.75, 3.05) is 0 Å². The summed E-state index contributed by atoms with van der Waals surface area (Å²) in [6.45, 7) is 5.33. The number of aromatic nitrogens is 2. The van der Waals surface area contributed by atoms with Gasteiger partial charge in [-0.15, -0.1) is 0 Å². The first-order chi connectivity index (χ1) is 11.9. The maximum Gasteiger partial charge on any atom is 0.165 e. The quantitative estimate of drug-likeness (QED) is 0.621. The Balaban J connectivity index is 2.40. The van der Waals surface area contributed by atoms with Gasteiger partial charge in [-0.1, -0.05) is 10.3 Å². The first kappa shape index (κ1) is 17.3. The van der Waals surface area contributed by atoms with Crippen LogP contribution in [0.15, 0.2) is 32.4 Å². The third kappa shape index (κ3) is 2.76. The zero-order valence-electron chi connectivity index (χ0n) is 13.8. The fourth-order valence-corrected chi connectivity index (χ4v) is 3.54. The zero-order chi connectivity index (χ0) is 18.3. The molecule has 0 saturated carbocycles. The molecule has 0 saturated heterocycles. The van der Waals surface area contributed by atoms with Gasteiger partial charge in [0.15, 0.2) is 17.3 Å². The van der Waals surface area contributed by atoms with Gasteiger partial charge in [0.05, 0.1) is 11.4 Å². The van der Waals surface area contributed by atoms with Crippen LogP contribution in [0.2, 0.25) is 0 Å². The maximum absolute atomic E-state index is 13.9. The minimum absolute atomic E-state index is 0.0605. The van der Waals surface area contributed by atoms with E-state index in [1.165, 1.54) is 12.1 Å². The highest BCUT2D eigenvalue weighted by atomic mass is 79.9. The minimum atomic E-state index is -0.733. The van der Waals surface area contributed by atoms with Crippen LogP contribution in [-0.2, 0) is 6.54 Å². The summed E-state index contributed by atoms with van der Waals surface area (Å²) < 4.78 is 21.7. The van der Waals surface area contributed by atoms with Crippen molar-refractivity contribution in [2.24, 2.45) is 5.18 Å². The predicted molar refractivity (Wildman–Crippen MR) is 94.3 cm³/mol. The SMILES string of the molecule is Cc1noc(C)c1-n1c(CN=O)c(C)c(Br)c1-c1ccc(O)c(F)c1. The van der Waals surface area contributed by atoms with Crippen molar-refractivity contribution < 1.29 is 14.0 Å². The molecule has 0 atom stereocenters. The van der Waals surface area contributed by atoms with Crippen LogP contribution in [0.25, 0.3) is 16.9 Å². The molecular weight excluding hydrogens is 393 g/mol. The summed E-state index contributed by atoms with van der Waals surface area (Å²) in [7, 11) is 0. The third-order valence-corrected chi connectivity index (χ3v) is 5.09. The van der Waals surface area contributed by atoms with Gasteiger partial charge in [0.25, 0.3) is 0 Å². The van der Waals surface area contributed by atoms with Gasteiger partial charge < -0.3 is 14.2 Å². The number of benzene rings is 1. The molecule has 0 spiro atoms. The molecular formula is C17H15BrFN3O3. The Morgan fingerprint density at radius 2 is 2.08 bits per heavy atom. The molecule has 0 bridgehead atoms. The molecule has 3 aromatic rings. The van der Waals surface area contributed by atoms with Crippen LogP contribution in [0.5, 0.6) is 5.75 Å². The molecule has 0 aliphatic carbocycles. The van der Waals surface area contributed by atoms with Crippen LogP contribution in [-0.4, -0.2) is 14.8 Å². The van der Waals surface area contributed by atoms with E-state index in [9.17, 15) is 14.4 Å². The number of aryl methyl sites for hydroxylation is 2. The summed E-state index contributed by atoms with van der Waals surface area (Å²) in [5, 5.41) is 16.5. The summed E-state index contributed by atoms with van der Waals surface area (Å²) in [5.41, 5.74) is 3.93. The number of phenolic OH excluding ortho intramolecular Hbond substituents is 1. The van der Waals surface area contributed by atoms with E-state index in [4.69, 9.17) is 4.52 Å². The lowest BCUT2D eigenvalue weighted by Crippen LogP contribution is -2.04. The number of nitroso groups, excluding NO2 is 1. The molecule has 0 aliphatic rings. The molecule has 1 aromatic carbocycles. The Labute approximate surface area is 151 Å². The van der Waals surface area contributed by atoms with Gasteiger partial charge >= 0.3 is 0 Å². The zero-order valence-corrected chi connectivity index (χ0v) is 15.4. The summed E-state index contributed by atoms with van der Waals surface area (Å²) in [4.78, 5) is 11.0. The molecule has 130 valence electrons. The lowest BCUT2D eigenvalue weighted by atomic mass is 10.1. The molecule has 8 heteroatoms. The second-order valence-corrected chi connectivity index (χ2v) is 6.49. The molecule has 2 heterocycles. The highest BCUT2D eigenvalue weighted by molar-refractivity contribution is 9.10. The molecule has 25 heavy (non-hydrogen) atoms. The second kappa shape index (κ2) is 6.44. The molecule has 0 aliphatic heterocycles. The molecule has 0 unspecified atom stereocenters. The van der Waals surface area contributed by atoms with Crippen molar-refractivity contribution in [1.29, 1.82) is 0 Å². The van der Waals surface area contributed by atoms with Gasteiger partial charge in [-0.05, 0) is 60.5 Å². The Bertz CT molecular complexity index is 959. The van der Waals surface area contributed by atoms with E-state index < -0.39 is 11.6 Å². The van der Waals surface area contributed by atoms with Crippen LogP contribution in [0.1, 0.15) is 22.7 Å². The maximum atomic E-state index is 13.9. The van der Waals surface area contributed by atoms with Crippen molar-refractivity contribution >= 4 is 15.9 Å². The highest BCUT2D eigenvalue weighted by Gasteiger charge is 2.25. The van der Waals surface area contributed by atoms with E-state index in [2.05, 4.69) is 26.3 Å². The molecule has 2 aromatic heterocycles. The fourth-order valence-electron chi connectivity index (χ4n) is 2.91. The Kier molecular flexibility index (Phi) is 4.47. The summed E-state index contributed by atoms with van der Waals surface area (Å²) in [6, 6.07) is 4.13. The van der Waals surface area contributed by atoms with E-state index in [0.29, 0.717) is 38.6 Å². The monoisotopic (exact) mass is 407 g/mol. The van der Waals surface area contributed by atoms with Crippen molar-refractivity contribution in [2.45, 2.75) is 27.3 Å². The van der Waals surface area contributed by atoms with E-state index in [1.54, 1.807) is 24.5 Å². The van der Waals surface area contributed by atoms with Crippen LogP contribution in [0, 0.1) is 31.5 Å². The van der Waals surface area contributed by atoms with Gasteiger partial charge in [0, 0.05) is 10.0 Å². The van der Waals surface area contributed by atoms with E-state index in [-0.39, 0.29) is 6.54 Å². The lowest BCUT2D eigenvalue weighted by Gasteiger charge is -2.13. The van der Waals surface area contributed by atoms with Crippen LogP contribution >= 0.6 is 15.9 Å². The van der Waals surface area contributed by atoms with E-state index in [1.807, 2.05) is 6.92 Å². The normalized spacial score (nSPS) is 11.1. The van der Waals surface area contributed by atoms with Gasteiger partial charge in [-0.2, -0.15) is 4.91 Å². The molecule has 0 radical (unpaired) electrons. The highest BCUT2D eigenvalue weighted by Crippen LogP contribution is 2.40. The molecule has 0 fully saturated rings. The largest absolute Gasteiger partial charge is 0.505 e. The van der Waals surface area contributed by atoms with Crippen molar-refractivity contribution in [1.82, 2.24) is 9.72 Å². The van der Waals surface area contributed by atoms with Crippen molar-refractivity contribution in [3.63, 3.8) is 0 Å². The summed E-state index contributed by atoms with van der Waals surface area (Å²) in [5.74, 6) is -0.599. The first-order valence-corrected chi connectivity index (χ1v) is 8.27. The molecule has 0 amide bonds. The molecule has 6 nitrogen and oxygen atoms in total. The molecule has 3 rings (SSSR count). The van der Waals surface area contributed by atoms with Crippen molar-refractivity contribution in [3.8, 4) is 22.7 Å². The minimum Gasteiger partial charge on any atom is -0.505 e. The van der Waals surface area contributed by atoms with Crippen molar-refractivity contribution in [3.05, 3.63) is 56.1 Å². The third-order valence-electron chi connectivity index (χ3n) is 4.12. The smallest absolute Gasteiger partial charge is 0.165 e. The van der Waals surface area contributed by atoms with Gasteiger partial charge in [-0.25, -0.2) is 4.39 Å². The van der Waals surface area contributed by atoms with Gasteiger partial charge in [0.1, 0.15) is 17.9 Å². The van der Waals surface area contributed by atoms with E-state index in [0.717, 1.165) is 5.56 Å². The number of rotatable bonds is 4. The average molecular weight is 408 g/mol. The standard InChI is InChI=1S/C17H15BrFN3O3/c1-8-13(7-20-24)22(16-9(2)21-25-10(16)3)17(15(8)18)11-4-5-14(23)12(19)6-11/h4-6,23H,7H2,1-3H3. The van der Waals surface area contributed by atoms with Gasteiger partial charge in [-0.3, -0.25) is 0 Å². The Morgan fingerprint density at radius 3 is 2.64 bits per heavy atom. The number of phenols is 1. The number of halogens is 2. The number of nitrogens with zero attached hydrogens (tertiary/aromatic N) is 3. The lowest BCUT2D eigenvalue weighted by molar-refractivity contribution is 0.393. The predicted octanol–water partition coefficient (Wildman–Crippen LogP) is 4.93. The first-order valence-electron chi connectivity index (χ1n) is 7.47. The van der Waals surface area contributed by atoms with E-state index >= 15 is 0 Å². The Hall–Kier alpha value is -2.48. The summed E-state index contributed by atoms with van der Waals surface area (Å²) in [6.07, 6.45) is 0. The van der Waals surface area contributed by atoms with Crippen LogP contribution < -0.4 is 0 Å². The van der Waals surface area contributed by atoms with Crippen LogP contribution in [0.3, 0.4) is 0 Å². The van der Waals surface area contributed by atoms with Crippen LogP contribution in [0.4, 0.5) is 4.39 Å². The number of aromatic hydroxyl groups is 1. The Morgan fingerprint density at radius 1 is 1.36 bits per heavy atom. The number of hydrogen-bond acceptors (Lipinski definition) is 5. The topological polar surface area (TPSA) is 80.6 Å². The van der Waals surface area contributed by atoms with Gasteiger partial charge in [0.2, 0.25) is 0 Å². The summed E-state index contributed by atoms with van der Waals surface area (Å²) >= 11 is 3.54. The average Bonchev–Trinajstić information content (AvgIpc) is 3.02.